The zero-order valence-corrected chi connectivity index (χ0v) is 15.8. The average Bonchev–Trinajstić information content (AvgIpc) is 2.62. The molecule has 0 aromatic heterocycles. The molecule has 1 amide bonds. The van der Waals surface area contributed by atoms with Gasteiger partial charge in [-0.25, -0.2) is 5.01 Å². The van der Waals surface area contributed by atoms with Crippen LogP contribution >= 0.6 is 27.7 Å². The zero-order valence-electron chi connectivity index (χ0n) is 13.4. The summed E-state index contributed by atoms with van der Waals surface area (Å²) in [6.07, 6.45) is -0.358. The van der Waals surface area contributed by atoms with Crippen LogP contribution in [0.25, 0.3) is 5.70 Å². The van der Waals surface area contributed by atoms with E-state index in [0.717, 1.165) is 26.4 Å². The van der Waals surface area contributed by atoms with Gasteiger partial charge in [0.25, 0.3) is 5.91 Å². The lowest BCUT2D eigenvalue weighted by molar-refractivity contribution is -0.116. The predicted molar refractivity (Wildman–Crippen MR) is 103 cm³/mol. The van der Waals surface area contributed by atoms with Crippen LogP contribution in [0.3, 0.4) is 0 Å². The maximum atomic E-state index is 12.8. The number of hydrogen-bond acceptors (Lipinski definition) is 5. The Labute approximate surface area is 157 Å². The van der Waals surface area contributed by atoms with Crippen molar-refractivity contribution in [2.45, 2.75) is 13.1 Å². The molecule has 0 saturated carbocycles. The number of rotatable bonds is 2. The summed E-state index contributed by atoms with van der Waals surface area (Å²) >= 11 is 4.98. The van der Waals surface area contributed by atoms with Crippen LogP contribution in [0.1, 0.15) is 18.7 Å². The van der Waals surface area contributed by atoms with E-state index in [9.17, 15) is 4.79 Å². The minimum atomic E-state index is -0.358. The number of carbonyl (C=O) groups is 1. The molecular formula is C18H15BrN4OS. The number of carbonyl (C=O) groups excluding carboxylic acids is 1. The summed E-state index contributed by atoms with van der Waals surface area (Å²) in [5.41, 5.74) is 1.52. The highest BCUT2D eigenvalue weighted by Crippen LogP contribution is 2.30. The fraction of sp³-hybridized carbons (Fsp3) is 0.167. The molecular weight excluding hydrogens is 400 g/mol. The molecule has 2 aliphatic rings. The van der Waals surface area contributed by atoms with Gasteiger partial charge in [-0.2, -0.15) is 0 Å². The second kappa shape index (κ2) is 6.65. The summed E-state index contributed by atoms with van der Waals surface area (Å²) in [6.45, 7) is 2.03. The molecule has 0 bridgehead atoms. The van der Waals surface area contributed by atoms with Crippen molar-refractivity contribution in [2.75, 3.05) is 5.75 Å². The Kier molecular flexibility index (Phi) is 4.35. The van der Waals surface area contributed by atoms with Crippen molar-refractivity contribution in [1.29, 1.82) is 0 Å². The quantitative estimate of drug-likeness (QED) is 0.820. The summed E-state index contributed by atoms with van der Waals surface area (Å²) in [4.78, 5) is 17.7. The van der Waals surface area contributed by atoms with E-state index in [1.807, 2.05) is 55.5 Å². The van der Waals surface area contributed by atoms with Crippen molar-refractivity contribution in [3.63, 3.8) is 0 Å². The number of fused-ring (bicyclic) bond motifs is 2. The molecule has 0 spiro atoms. The molecule has 0 aliphatic carbocycles. The molecule has 5 nitrogen and oxygen atoms in total. The molecule has 7 heteroatoms. The standard InChI is InChI=1S/C18H15BrN4OS/c1-2-25-18-21-17(24)15-13-10-12(19)8-9-14(13)20-16(23(15)22-18)11-6-4-3-5-7-11/h3-10,16H,2H2,1H3,(H,21,22,24)/t16-/m0/s1. The molecule has 1 N–H and O–H groups in total. The van der Waals surface area contributed by atoms with Crippen molar-refractivity contribution in [3.8, 4) is 0 Å². The molecule has 4 rings (SSSR count). The van der Waals surface area contributed by atoms with Gasteiger partial charge in [-0.05, 0) is 29.5 Å². The normalized spacial score (nSPS) is 18.7. The topological polar surface area (TPSA) is 57.1 Å². The van der Waals surface area contributed by atoms with E-state index in [0.29, 0.717) is 10.9 Å². The largest absolute Gasteiger partial charge is 0.298 e. The molecule has 126 valence electrons. The van der Waals surface area contributed by atoms with E-state index in [-0.39, 0.29) is 12.1 Å². The Morgan fingerprint density at radius 1 is 1.24 bits per heavy atom. The van der Waals surface area contributed by atoms with E-state index in [1.54, 1.807) is 5.01 Å². The minimum Gasteiger partial charge on any atom is -0.298 e. The van der Waals surface area contributed by atoms with Crippen LogP contribution in [0.15, 0.2) is 63.1 Å². The Morgan fingerprint density at radius 3 is 2.80 bits per heavy atom. The Bertz CT molecular complexity index is 990. The first-order valence-electron chi connectivity index (χ1n) is 7.92. The monoisotopic (exact) mass is 414 g/mol. The van der Waals surface area contributed by atoms with E-state index in [2.05, 4.69) is 26.3 Å². The Hall–Kier alpha value is -2.12. The number of thioether (sulfide) groups is 1. The van der Waals surface area contributed by atoms with Crippen LogP contribution in [-0.2, 0) is 4.79 Å². The van der Waals surface area contributed by atoms with Gasteiger partial charge in [0.05, 0.1) is 5.36 Å². The third-order valence-electron chi connectivity index (χ3n) is 3.95. The van der Waals surface area contributed by atoms with Gasteiger partial charge in [0.1, 0.15) is 5.70 Å². The van der Waals surface area contributed by atoms with Gasteiger partial charge >= 0.3 is 0 Å². The number of benzene rings is 2. The van der Waals surface area contributed by atoms with E-state index in [1.165, 1.54) is 11.8 Å². The van der Waals surface area contributed by atoms with Crippen molar-refractivity contribution >= 4 is 44.5 Å². The van der Waals surface area contributed by atoms with Crippen molar-refractivity contribution in [3.05, 3.63) is 69.1 Å². The lowest BCUT2D eigenvalue weighted by Gasteiger charge is -2.34. The fourth-order valence-electron chi connectivity index (χ4n) is 2.90. The van der Waals surface area contributed by atoms with Crippen LogP contribution in [0.5, 0.6) is 0 Å². The zero-order chi connectivity index (χ0) is 17.4. The highest BCUT2D eigenvalue weighted by molar-refractivity contribution is 9.10. The van der Waals surface area contributed by atoms with Crippen molar-refractivity contribution in [2.24, 2.45) is 10.1 Å². The highest BCUT2D eigenvalue weighted by atomic mass is 79.9. The first kappa shape index (κ1) is 16.4. The van der Waals surface area contributed by atoms with Gasteiger partial charge < -0.3 is 0 Å². The molecule has 2 heterocycles. The predicted octanol–water partition coefficient (Wildman–Crippen LogP) is 2.35. The number of amidine groups is 1. The van der Waals surface area contributed by atoms with Gasteiger partial charge in [-0.15, -0.1) is 5.10 Å². The smallest absolute Gasteiger partial charge is 0.276 e. The molecule has 2 aliphatic heterocycles. The first-order chi connectivity index (χ1) is 12.2. The van der Waals surface area contributed by atoms with Gasteiger partial charge in [0.15, 0.2) is 11.3 Å². The summed E-state index contributed by atoms with van der Waals surface area (Å²) in [5.74, 6) is 0.679. The molecule has 0 saturated heterocycles. The molecule has 2 aromatic carbocycles. The third kappa shape index (κ3) is 2.98. The summed E-state index contributed by atoms with van der Waals surface area (Å²) in [6, 6.07) is 15.7. The fourth-order valence-corrected chi connectivity index (χ4v) is 3.84. The maximum absolute atomic E-state index is 12.8. The summed E-state index contributed by atoms with van der Waals surface area (Å²) in [5, 5.41) is 11.5. The van der Waals surface area contributed by atoms with Crippen LogP contribution in [0, 0.1) is 0 Å². The Balaban J connectivity index is 1.98. The first-order valence-corrected chi connectivity index (χ1v) is 9.70. The molecule has 25 heavy (non-hydrogen) atoms. The van der Waals surface area contributed by atoms with Crippen LogP contribution in [-0.4, -0.2) is 21.8 Å². The minimum absolute atomic E-state index is 0.152. The average molecular weight is 415 g/mol. The van der Waals surface area contributed by atoms with Gasteiger partial charge in [0.2, 0.25) is 0 Å². The van der Waals surface area contributed by atoms with Crippen LogP contribution in [0.2, 0.25) is 0 Å². The molecule has 0 radical (unpaired) electrons. The number of nitrogens with one attached hydrogen (secondary N) is 1. The van der Waals surface area contributed by atoms with Gasteiger partial charge in [-0.3, -0.25) is 15.1 Å². The second-order valence-corrected chi connectivity index (χ2v) is 7.73. The SMILES string of the molecule is CCSC1=NN2C(=c3cc(Br)ccc3=N[C@@H]2c2ccccc2)C(=O)N1. The van der Waals surface area contributed by atoms with Gasteiger partial charge in [-0.1, -0.05) is 64.9 Å². The summed E-state index contributed by atoms with van der Waals surface area (Å²) < 4.78 is 0.901. The summed E-state index contributed by atoms with van der Waals surface area (Å²) in [7, 11) is 0. The Morgan fingerprint density at radius 2 is 2.04 bits per heavy atom. The van der Waals surface area contributed by atoms with Gasteiger partial charge in [0, 0.05) is 9.69 Å². The third-order valence-corrected chi connectivity index (χ3v) is 5.19. The molecule has 0 fully saturated rings. The number of hydrogen-bond donors (Lipinski definition) is 1. The molecule has 0 unspecified atom stereocenters. The van der Waals surface area contributed by atoms with Crippen molar-refractivity contribution < 1.29 is 4.79 Å². The van der Waals surface area contributed by atoms with E-state index < -0.39 is 0 Å². The number of hydrazone groups is 1. The second-order valence-electron chi connectivity index (χ2n) is 5.56. The van der Waals surface area contributed by atoms with Crippen LogP contribution in [0.4, 0.5) is 0 Å². The van der Waals surface area contributed by atoms with E-state index in [4.69, 9.17) is 4.99 Å². The molecule has 2 aromatic rings. The number of amides is 1. The number of nitrogens with zero attached hydrogens (tertiary/aromatic N) is 3. The lowest BCUT2D eigenvalue weighted by Crippen LogP contribution is -2.50. The maximum Gasteiger partial charge on any atom is 0.276 e. The number of halogens is 1. The van der Waals surface area contributed by atoms with E-state index >= 15 is 0 Å². The lowest BCUT2D eigenvalue weighted by atomic mass is 10.1. The van der Waals surface area contributed by atoms with Crippen molar-refractivity contribution in [1.82, 2.24) is 10.3 Å². The van der Waals surface area contributed by atoms with Crippen LogP contribution < -0.4 is 15.9 Å². The highest BCUT2D eigenvalue weighted by Gasteiger charge is 2.34. The molecule has 1 atom stereocenters.